The molecule has 1 aromatic carbocycles. The maximum Gasteiger partial charge on any atom is 1.00 e. The van der Waals surface area contributed by atoms with E-state index in [0.29, 0.717) is 5.22 Å². The minimum atomic E-state index is 0. The fourth-order valence-corrected chi connectivity index (χ4v) is 0.649. The van der Waals surface area contributed by atoms with E-state index in [1.165, 1.54) is 0 Å². The summed E-state index contributed by atoms with van der Waals surface area (Å²) in [5.74, 6) is 0. The van der Waals surface area contributed by atoms with Crippen molar-refractivity contribution < 1.29 is 24.0 Å². The predicted molar refractivity (Wildman–Crippen MR) is 35.7 cm³/mol. The number of rotatable bonds is 0. The van der Waals surface area contributed by atoms with Crippen LogP contribution in [0.4, 0.5) is 0 Å². The van der Waals surface area contributed by atoms with Crippen molar-refractivity contribution in [1.29, 1.82) is 0 Å². The van der Waals surface area contributed by atoms with Crippen LogP contribution >= 0.6 is 0 Å². The second-order valence-electron chi connectivity index (χ2n) is 1.82. The van der Waals surface area contributed by atoms with E-state index in [1.807, 2.05) is 18.2 Å². The molecule has 0 N–H and O–H groups in total. The Balaban J connectivity index is 0.000000810. The van der Waals surface area contributed by atoms with Gasteiger partial charge >= 0.3 is 18.9 Å². The molecule has 1 nitrogen and oxygen atoms in total. The van der Waals surface area contributed by atoms with Gasteiger partial charge in [0, 0.05) is 0 Å². The van der Waals surface area contributed by atoms with Gasteiger partial charge < -0.3 is 5.11 Å². The summed E-state index contributed by atoms with van der Waals surface area (Å²) in [6.45, 7) is 3.66. The van der Waals surface area contributed by atoms with E-state index in [2.05, 4.69) is 6.58 Å². The smallest absolute Gasteiger partial charge is 0.877 e. The monoisotopic (exact) mass is 126 g/mol. The molecule has 10 heavy (non-hydrogen) atoms. The Hall–Kier alpha value is -0.643. The zero-order valence-electron chi connectivity index (χ0n) is 6.00. The van der Waals surface area contributed by atoms with Crippen LogP contribution in [0.25, 0.3) is 12.8 Å². The standard InChI is InChI=1S/C8H8O.Li/c1-7-4-2-3-5-8(7)6-9;/h2-6,9H,1H2;/q;+1/p-1/b8-6+;. The molecule has 0 aliphatic carbocycles. The third kappa shape index (κ3) is 1.95. The summed E-state index contributed by atoms with van der Waals surface area (Å²) in [6.07, 6.45) is 0.808. The molecule has 0 unspecified atom stereocenters. The van der Waals surface area contributed by atoms with E-state index in [-0.39, 0.29) is 18.9 Å². The first-order valence-electron chi connectivity index (χ1n) is 2.71. The molecule has 0 aliphatic heterocycles. The minimum absolute atomic E-state index is 0. The maximum atomic E-state index is 10.2. The molecule has 2 heteroatoms. The van der Waals surface area contributed by atoms with E-state index in [9.17, 15) is 5.11 Å². The van der Waals surface area contributed by atoms with Crippen LogP contribution in [0.5, 0.6) is 0 Å². The molecule has 0 amide bonds. The van der Waals surface area contributed by atoms with E-state index in [4.69, 9.17) is 0 Å². The zero-order chi connectivity index (χ0) is 6.69. The molecule has 0 spiro atoms. The van der Waals surface area contributed by atoms with Gasteiger partial charge in [-0.25, -0.2) is 0 Å². The average Bonchev–Trinajstić information content (AvgIpc) is 1.89. The summed E-state index contributed by atoms with van der Waals surface area (Å²) >= 11 is 0. The van der Waals surface area contributed by atoms with Gasteiger partial charge in [-0.3, -0.25) is 0 Å². The molecule has 0 saturated carbocycles. The Morgan fingerprint density at radius 3 is 2.30 bits per heavy atom. The third-order valence-corrected chi connectivity index (χ3v) is 1.18. The molecular formula is C8H7LiO. The summed E-state index contributed by atoms with van der Waals surface area (Å²) in [5.41, 5.74) is 0. The largest absolute Gasteiger partial charge is 1.00 e. The van der Waals surface area contributed by atoms with E-state index in [1.54, 1.807) is 6.07 Å². The molecule has 0 fully saturated rings. The van der Waals surface area contributed by atoms with Crippen molar-refractivity contribution in [2.75, 3.05) is 0 Å². The van der Waals surface area contributed by atoms with Gasteiger partial charge in [-0.2, -0.15) is 0 Å². The third-order valence-electron chi connectivity index (χ3n) is 1.18. The van der Waals surface area contributed by atoms with Crippen LogP contribution in [0, 0.1) is 0 Å². The Morgan fingerprint density at radius 2 is 1.90 bits per heavy atom. The summed E-state index contributed by atoms with van der Waals surface area (Å²) in [5, 5.41) is 11.6. The number of hydrogen-bond donors (Lipinski definition) is 0. The molecule has 0 saturated heterocycles. The van der Waals surface area contributed by atoms with Crippen molar-refractivity contribution in [3.8, 4) is 0 Å². The van der Waals surface area contributed by atoms with Crippen molar-refractivity contribution in [1.82, 2.24) is 0 Å². The normalized spacial score (nSPS) is 10.6. The molecule has 0 radical (unpaired) electrons. The summed E-state index contributed by atoms with van der Waals surface area (Å²) in [6, 6.07) is 7.23. The minimum Gasteiger partial charge on any atom is -0.877 e. The van der Waals surface area contributed by atoms with Crippen molar-refractivity contribution in [2.24, 2.45) is 0 Å². The SMILES string of the molecule is C=c1cccc/c1=C\[O-].[Li+]. The van der Waals surface area contributed by atoms with Crippen LogP contribution in [-0.2, 0) is 0 Å². The average molecular weight is 126 g/mol. The zero-order valence-corrected chi connectivity index (χ0v) is 6.00. The summed E-state index contributed by atoms with van der Waals surface area (Å²) in [4.78, 5) is 0. The van der Waals surface area contributed by atoms with Gasteiger partial charge in [0.05, 0.1) is 0 Å². The van der Waals surface area contributed by atoms with E-state index >= 15 is 0 Å². The fourth-order valence-electron chi connectivity index (χ4n) is 0.649. The van der Waals surface area contributed by atoms with Crippen molar-refractivity contribution in [3.63, 3.8) is 0 Å². The van der Waals surface area contributed by atoms with E-state index in [0.717, 1.165) is 11.5 Å². The van der Waals surface area contributed by atoms with Gasteiger partial charge in [0.25, 0.3) is 0 Å². The molecule has 0 aliphatic rings. The molecule has 1 aromatic rings. The van der Waals surface area contributed by atoms with Crippen molar-refractivity contribution in [2.45, 2.75) is 0 Å². The van der Waals surface area contributed by atoms with Gasteiger partial charge in [0.15, 0.2) is 0 Å². The Kier molecular flexibility index (Phi) is 3.95. The predicted octanol–water partition coefficient (Wildman–Crippen LogP) is -3.80. The first-order valence-corrected chi connectivity index (χ1v) is 2.71. The molecule has 0 bridgehead atoms. The molecule has 46 valence electrons. The molecular weight excluding hydrogens is 119 g/mol. The summed E-state index contributed by atoms with van der Waals surface area (Å²) in [7, 11) is 0. The topological polar surface area (TPSA) is 23.1 Å². The molecule has 0 heterocycles. The molecule has 0 aromatic heterocycles. The van der Waals surface area contributed by atoms with Crippen LogP contribution in [0.3, 0.4) is 0 Å². The van der Waals surface area contributed by atoms with Gasteiger partial charge in [0.2, 0.25) is 0 Å². The number of benzene rings is 1. The van der Waals surface area contributed by atoms with Crippen molar-refractivity contribution in [3.05, 3.63) is 34.7 Å². The van der Waals surface area contributed by atoms with Gasteiger partial charge in [-0.15, -0.1) is 6.26 Å². The second-order valence-corrected chi connectivity index (χ2v) is 1.82. The van der Waals surface area contributed by atoms with Gasteiger partial charge in [-0.1, -0.05) is 30.8 Å². The summed E-state index contributed by atoms with van der Waals surface area (Å²) < 4.78 is 0. The van der Waals surface area contributed by atoms with Crippen LogP contribution in [0.15, 0.2) is 24.3 Å². The second kappa shape index (κ2) is 4.22. The first kappa shape index (κ1) is 9.36. The Morgan fingerprint density at radius 1 is 1.30 bits per heavy atom. The van der Waals surface area contributed by atoms with Crippen molar-refractivity contribution >= 4 is 12.8 Å². The van der Waals surface area contributed by atoms with Crippen LogP contribution in [-0.4, -0.2) is 0 Å². The van der Waals surface area contributed by atoms with Gasteiger partial charge in [0.1, 0.15) is 0 Å². The van der Waals surface area contributed by atoms with Crippen LogP contribution in [0.2, 0.25) is 0 Å². The maximum absolute atomic E-state index is 10.2. The first-order chi connectivity index (χ1) is 4.34. The van der Waals surface area contributed by atoms with Crippen LogP contribution in [0.1, 0.15) is 0 Å². The van der Waals surface area contributed by atoms with Crippen LogP contribution < -0.4 is 34.4 Å². The molecule has 0 atom stereocenters. The quantitative estimate of drug-likeness (QED) is 0.327. The van der Waals surface area contributed by atoms with E-state index < -0.39 is 0 Å². The van der Waals surface area contributed by atoms with Gasteiger partial charge in [-0.05, 0) is 10.4 Å². The fraction of sp³-hybridized carbons (Fsp3) is 0. The molecule has 1 rings (SSSR count). The Labute approximate surface area is 71.9 Å². The number of hydrogen-bond acceptors (Lipinski definition) is 1. The Bertz CT molecular complexity index is 292.